The lowest BCUT2D eigenvalue weighted by Gasteiger charge is -2.18. The molecule has 124 valence electrons. The highest BCUT2D eigenvalue weighted by Crippen LogP contribution is 2.29. The van der Waals surface area contributed by atoms with Gasteiger partial charge in [0, 0.05) is 29.5 Å². The third-order valence-corrected chi connectivity index (χ3v) is 4.10. The Balaban J connectivity index is 1.51. The largest absolute Gasteiger partial charge is 0.457 e. The van der Waals surface area contributed by atoms with Gasteiger partial charge in [0.25, 0.3) is 0 Å². The van der Waals surface area contributed by atoms with Crippen molar-refractivity contribution in [2.75, 3.05) is 10.6 Å². The molecule has 0 aromatic heterocycles. The molecular formula is C21H18N2O2. The first-order valence-electron chi connectivity index (χ1n) is 8.29. The van der Waals surface area contributed by atoms with E-state index in [1.165, 1.54) is 0 Å². The normalized spacial score (nSPS) is 12.9. The Bertz CT molecular complexity index is 907. The van der Waals surface area contributed by atoms with Crippen LogP contribution in [0.2, 0.25) is 0 Å². The zero-order valence-corrected chi connectivity index (χ0v) is 13.7. The van der Waals surface area contributed by atoms with E-state index >= 15 is 0 Å². The molecule has 0 aliphatic carbocycles. The number of hydrogen-bond donors (Lipinski definition) is 2. The summed E-state index contributed by atoms with van der Waals surface area (Å²) in [7, 11) is 0. The summed E-state index contributed by atoms with van der Waals surface area (Å²) in [6.45, 7) is 0. The molecule has 0 fully saturated rings. The van der Waals surface area contributed by atoms with Crippen LogP contribution in [0.3, 0.4) is 0 Å². The average Bonchev–Trinajstić information content (AvgIpc) is 2.63. The van der Waals surface area contributed by atoms with Gasteiger partial charge in [-0.2, -0.15) is 0 Å². The maximum Gasteiger partial charge on any atom is 0.224 e. The molecule has 0 atom stereocenters. The minimum atomic E-state index is 0.0824. The number of aryl methyl sites for hydroxylation is 1. The number of nitrogens with one attached hydrogen (secondary N) is 2. The van der Waals surface area contributed by atoms with Crippen molar-refractivity contribution in [2.24, 2.45) is 0 Å². The van der Waals surface area contributed by atoms with E-state index in [0.29, 0.717) is 6.42 Å². The molecule has 3 aromatic rings. The Labute approximate surface area is 146 Å². The van der Waals surface area contributed by atoms with E-state index in [0.717, 1.165) is 40.5 Å². The zero-order chi connectivity index (χ0) is 17.1. The molecule has 1 aliphatic heterocycles. The van der Waals surface area contributed by atoms with Crippen molar-refractivity contribution in [1.82, 2.24) is 0 Å². The molecule has 0 radical (unpaired) electrons. The number of para-hydroxylation sites is 1. The maximum absolute atomic E-state index is 11.4. The Morgan fingerprint density at radius 1 is 0.800 bits per heavy atom. The molecule has 0 saturated heterocycles. The van der Waals surface area contributed by atoms with Crippen molar-refractivity contribution in [3.05, 3.63) is 78.4 Å². The van der Waals surface area contributed by atoms with E-state index in [9.17, 15) is 4.79 Å². The zero-order valence-electron chi connectivity index (χ0n) is 13.7. The Morgan fingerprint density at radius 2 is 1.60 bits per heavy atom. The Hall–Kier alpha value is -3.27. The number of ether oxygens (including phenoxy) is 1. The van der Waals surface area contributed by atoms with E-state index in [1.54, 1.807) is 0 Å². The van der Waals surface area contributed by atoms with Crippen LogP contribution < -0.4 is 15.4 Å². The lowest BCUT2D eigenvalue weighted by Crippen LogP contribution is -2.18. The SMILES string of the molecule is O=C1CCc2cc(Nc3cccc(Oc4ccccc4)c3)ccc2N1. The second kappa shape index (κ2) is 6.69. The minimum Gasteiger partial charge on any atom is -0.457 e. The maximum atomic E-state index is 11.4. The third kappa shape index (κ3) is 3.63. The summed E-state index contributed by atoms with van der Waals surface area (Å²) in [5.74, 6) is 1.67. The van der Waals surface area contributed by atoms with Crippen LogP contribution in [0.25, 0.3) is 0 Å². The number of fused-ring (bicyclic) bond motifs is 1. The van der Waals surface area contributed by atoms with Crippen molar-refractivity contribution < 1.29 is 9.53 Å². The van der Waals surface area contributed by atoms with Gasteiger partial charge in [-0.05, 0) is 54.4 Å². The highest BCUT2D eigenvalue weighted by molar-refractivity contribution is 5.94. The quantitative estimate of drug-likeness (QED) is 0.699. The van der Waals surface area contributed by atoms with E-state index in [4.69, 9.17) is 4.74 Å². The standard InChI is InChI=1S/C21H18N2O2/c24-21-12-9-15-13-17(10-11-20(15)23-21)22-16-5-4-8-19(14-16)25-18-6-2-1-3-7-18/h1-8,10-11,13-14,22H,9,12H2,(H,23,24). The lowest BCUT2D eigenvalue weighted by atomic mass is 10.0. The van der Waals surface area contributed by atoms with Gasteiger partial charge < -0.3 is 15.4 Å². The smallest absolute Gasteiger partial charge is 0.224 e. The van der Waals surface area contributed by atoms with Crippen molar-refractivity contribution in [2.45, 2.75) is 12.8 Å². The summed E-state index contributed by atoms with van der Waals surface area (Å²) in [6, 6.07) is 23.6. The summed E-state index contributed by atoms with van der Waals surface area (Å²) in [6.07, 6.45) is 1.31. The van der Waals surface area contributed by atoms with Crippen LogP contribution >= 0.6 is 0 Å². The number of carbonyl (C=O) groups is 1. The molecule has 3 aromatic carbocycles. The highest BCUT2D eigenvalue weighted by atomic mass is 16.5. The second-order valence-electron chi connectivity index (χ2n) is 5.99. The molecular weight excluding hydrogens is 312 g/mol. The average molecular weight is 330 g/mol. The van der Waals surface area contributed by atoms with Crippen LogP contribution in [-0.4, -0.2) is 5.91 Å². The van der Waals surface area contributed by atoms with Gasteiger partial charge in [-0.15, -0.1) is 0 Å². The fourth-order valence-corrected chi connectivity index (χ4v) is 2.89. The molecule has 1 aliphatic rings. The summed E-state index contributed by atoms with van der Waals surface area (Å²) in [5, 5.41) is 6.30. The van der Waals surface area contributed by atoms with E-state index in [1.807, 2.05) is 66.7 Å². The van der Waals surface area contributed by atoms with Gasteiger partial charge in [0.15, 0.2) is 0 Å². The van der Waals surface area contributed by atoms with Gasteiger partial charge in [-0.3, -0.25) is 4.79 Å². The summed E-state index contributed by atoms with van der Waals surface area (Å²) in [4.78, 5) is 11.4. The topological polar surface area (TPSA) is 50.4 Å². The predicted octanol–water partition coefficient (Wildman–Crippen LogP) is 5.11. The number of carbonyl (C=O) groups excluding carboxylic acids is 1. The molecule has 4 rings (SSSR count). The lowest BCUT2D eigenvalue weighted by molar-refractivity contribution is -0.116. The fraction of sp³-hybridized carbons (Fsp3) is 0.0952. The van der Waals surface area contributed by atoms with Crippen LogP contribution in [0.15, 0.2) is 72.8 Å². The number of amides is 1. The number of hydrogen-bond acceptors (Lipinski definition) is 3. The van der Waals surface area contributed by atoms with Crippen molar-refractivity contribution in [3.63, 3.8) is 0 Å². The van der Waals surface area contributed by atoms with Gasteiger partial charge >= 0.3 is 0 Å². The molecule has 1 heterocycles. The molecule has 0 unspecified atom stereocenters. The van der Waals surface area contributed by atoms with E-state index in [-0.39, 0.29) is 5.91 Å². The summed E-state index contributed by atoms with van der Waals surface area (Å²) >= 11 is 0. The minimum absolute atomic E-state index is 0.0824. The Morgan fingerprint density at radius 3 is 2.48 bits per heavy atom. The van der Waals surface area contributed by atoms with Crippen LogP contribution in [-0.2, 0) is 11.2 Å². The molecule has 1 amide bonds. The highest BCUT2D eigenvalue weighted by Gasteiger charge is 2.14. The van der Waals surface area contributed by atoms with Crippen molar-refractivity contribution in [3.8, 4) is 11.5 Å². The van der Waals surface area contributed by atoms with Gasteiger partial charge in [0.05, 0.1) is 0 Å². The molecule has 4 heteroatoms. The monoisotopic (exact) mass is 330 g/mol. The summed E-state index contributed by atoms with van der Waals surface area (Å²) < 4.78 is 5.87. The second-order valence-corrected chi connectivity index (χ2v) is 5.99. The molecule has 0 saturated carbocycles. The van der Waals surface area contributed by atoms with Gasteiger partial charge in [-0.1, -0.05) is 24.3 Å². The third-order valence-electron chi connectivity index (χ3n) is 4.10. The molecule has 0 spiro atoms. The van der Waals surface area contributed by atoms with Gasteiger partial charge in [-0.25, -0.2) is 0 Å². The Kier molecular flexibility index (Phi) is 4.09. The molecule has 2 N–H and O–H groups in total. The first-order chi connectivity index (χ1) is 12.3. The van der Waals surface area contributed by atoms with Gasteiger partial charge in [0.1, 0.15) is 11.5 Å². The first kappa shape index (κ1) is 15.3. The fourth-order valence-electron chi connectivity index (χ4n) is 2.89. The van der Waals surface area contributed by atoms with Crippen molar-refractivity contribution >= 4 is 23.0 Å². The van der Waals surface area contributed by atoms with Crippen LogP contribution in [0.5, 0.6) is 11.5 Å². The van der Waals surface area contributed by atoms with Crippen LogP contribution in [0, 0.1) is 0 Å². The molecule has 0 bridgehead atoms. The van der Waals surface area contributed by atoms with Gasteiger partial charge in [0.2, 0.25) is 5.91 Å². The summed E-state index contributed by atoms with van der Waals surface area (Å²) in [5.41, 5.74) is 4.00. The molecule has 25 heavy (non-hydrogen) atoms. The van der Waals surface area contributed by atoms with Crippen molar-refractivity contribution in [1.29, 1.82) is 0 Å². The van der Waals surface area contributed by atoms with Crippen LogP contribution in [0.4, 0.5) is 17.1 Å². The number of anilines is 3. The predicted molar refractivity (Wildman–Crippen MR) is 99.6 cm³/mol. The molecule has 4 nitrogen and oxygen atoms in total. The van der Waals surface area contributed by atoms with Crippen LogP contribution in [0.1, 0.15) is 12.0 Å². The number of rotatable bonds is 4. The van der Waals surface area contributed by atoms with E-state index in [2.05, 4.69) is 16.7 Å². The first-order valence-corrected chi connectivity index (χ1v) is 8.29. The van der Waals surface area contributed by atoms with E-state index < -0.39 is 0 Å². The number of benzene rings is 3.